The summed E-state index contributed by atoms with van der Waals surface area (Å²) in [6, 6.07) is 8.38. The van der Waals surface area contributed by atoms with Crippen LogP contribution in [-0.4, -0.2) is 86.9 Å². The number of aromatic amines is 2. The summed E-state index contributed by atoms with van der Waals surface area (Å²) in [6.07, 6.45) is 2.46. The van der Waals surface area contributed by atoms with Crippen molar-refractivity contribution in [3.8, 4) is 28.3 Å². The molecule has 3 aliphatic rings. The van der Waals surface area contributed by atoms with Crippen LogP contribution in [0.1, 0.15) is 120 Å². The highest BCUT2D eigenvalue weighted by Crippen LogP contribution is 2.51. The van der Waals surface area contributed by atoms with Crippen molar-refractivity contribution in [2.24, 2.45) is 29.4 Å². The van der Waals surface area contributed by atoms with Crippen LogP contribution in [0.15, 0.2) is 48.8 Å². The molecule has 1 amide bonds. The third-order valence-electron chi connectivity index (χ3n) is 13.6. The van der Waals surface area contributed by atoms with Gasteiger partial charge in [0.15, 0.2) is 0 Å². The largest absolute Gasteiger partial charge is 0.489 e. The molecule has 5 N–H and O–H groups in total. The number of carbonyl (C=O) groups excluding carboxylic acids is 2. The fraction of sp³-hybridized carbons (Fsp3) is 0.551. The molecule has 16 heteroatoms. The highest BCUT2D eigenvalue weighted by atomic mass is 19.3. The van der Waals surface area contributed by atoms with Gasteiger partial charge in [0.05, 0.1) is 55.2 Å². The molecule has 2 fully saturated rings. The lowest BCUT2D eigenvalue weighted by atomic mass is 9.82. The van der Waals surface area contributed by atoms with E-state index < -0.39 is 66.5 Å². The third kappa shape index (κ3) is 10.1. The van der Waals surface area contributed by atoms with E-state index in [2.05, 4.69) is 25.3 Å². The maximum atomic E-state index is 17.4. The number of halogens is 5. The molecule has 0 spiro atoms. The van der Waals surface area contributed by atoms with Gasteiger partial charge in [-0.15, -0.1) is 0 Å². The van der Waals surface area contributed by atoms with Gasteiger partial charge in [0.25, 0.3) is 5.92 Å². The molecule has 1 aliphatic carbocycles. The van der Waals surface area contributed by atoms with Crippen molar-refractivity contribution in [1.29, 1.82) is 0 Å². The van der Waals surface area contributed by atoms with E-state index in [9.17, 15) is 18.4 Å². The smallest absolute Gasteiger partial charge is 0.267 e. The Balaban J connectivity index is 1.15. The van der Waals surface area contributed by atoms with Crippen LogP contribution in [0.5, 0.6) is 5.75 Å². The highest BCUT2D eigenvalue weighted by Gasteiger charge is 2.50. The van der Waals surface area contributed by atoms with Crippen molar-refractivity contribution < 1.29 is 41.0 Å². The van der Waals surface area contributed by atoms with Gasteiger partial charge in [0, 0.05) is 72.5 Å². The highest BCUT2D eigenvalue weighted by molar-refractivity contribution is 5.93. The lowest BCUT2D eigenvalue weighted by molar-refractivity contribution is -0.135. The molecule has 2 aliphatic heterocycles. The normalized spacial score (nSPS) is 24.3. The molecule has 1 saturated heterocycles. The summed E-state index contributed by atoms with van der Waals surface area (Å²) >= 11 is 0. The van der Waals surface area contributed by atoms with E-state index in [1.807, 2.05) is 46.8 Å². The van der Waals surface area contributed by atoms with E-state index in [0.717, 1.165) is 4.90 Å². The van der Waals surface area contributed by atoms with Crippen LogP contribution < -0.4 is 15.8 Å². The Bertz CT molecular complexity index is 2390. The Morgan fingerprint density at radius 3 is 2.28 bits per heavy atom. The number of carbonyl (C=O) groups is 2. The summed E-state index contributed by atoms with van der Waals surface area (Å²) in [5, 5.41) is 3.09. The number of amides is 1. The Hall–Kier alpha value is -4.93. The monoisotopic (exact) mass is 907 g/mol. The van der Waals surface area contributed by atoms with Crippen molar-refractivity contribution in [3.63, 3.8) is 0 Å². The molecule has 352 valence electrons. The summed E-state index contributed by atoms with van der Waals surface area (Å²) in [7, 11) is 1.53. The lowest BCUT2D eigenvalue weighted by Crippen LogP contribution is -2.47. The number of nitrogens with one attached hydrogen (secondary N) is 3. The van der Waals surface area contributed by atoms with Crippen molar-refractivity contribution in [2.75, 3.05) is 20.4 Å². The van der Waals surface area contributed by atoms with Gasteiger partial charge in [-0.3, -0.25) is 14.9 Å². The first-order chi connectivity index (χ1) is 30.7. The number of nitrogens with zero attached hydrogens (tertiary/aromatic N) is 3. The van der Waals surface area contributed by atoms with E-state index >= 15 is 13.2 Å². The number of hydrogen-bond donors (Lipinski definition) is 4. The molecule has 2 aromatic carbocycles. The second-order valence-corrected chi connectivity index (χ2v) is 19.0. The number of nitrogens with two attached hydrogens (primary N) is 1. The average molecular weight is 908 g/mol. The standard InChI is InChI=1S/C49H62F5N7O4/c1-9-39-28(7)41(32-14-12-30(17-40(32)65-39)36-22-57-46(60-36)37-20-49(53,54)23-61(37)47(63)43(55)25(2)3)42(50)33-16-29(11-10-27(33)6)35-21-56-45(59-35)34-19-48(51,52)18-31(34)13-15-38(62)44(26(4)5)58-24-64-8/h10-12,14,16-17,21-22,25-26,28,31,34,37,39,43-44,58H,9,13,15,18-20,23-24,55H2,1-8H3,(H,56,59)(H,57,60). The number of rotatable bonds is 16. The zero-order chi connectivity index (χ0) is 47.1. The van der Waals surface area contributed by atoms with E-state index in [-0.39, 0.29) is 61.5 Å². The van der Waals surface area contributed by atoms with Gasteiger partial charge in [-0.2, -0.15) is 0 Å². The van der Waals surface area contributed by atoms with Crippen molar-refractivity contribution in [2.45, 2.75) is 129 Å². The molecule has 1 saturated carbocycles. The van der Waals surface area contributed by atoms with Gasteiger partial charge in [-0.1, -0.05) is 65.8 Å². The van der Waals surface area contributed by atoms with Gasteiger partial charge in [-0.25, -0.2) is 31.9 Å². The first-order valence-corrected chi connectivity index (χ1v) is 22.7. The molecule has 7 rings (SSSR count). The maximum Gasteiger partial charge on any atom is 0.267 e. The fourth-order valence-corrected chi connectivity index (χ4v) is 9.82. The number of benzene rings is 2. The van der Waals surface area contributed by atoms with Gasteiger partial charge in [-0.05, 0) is 55.2 Å². The van der Waals surface area contributed by atoms with Gasteiger partial charge in [0.1, 0.15) is 35.1 Å². The molecule has 2 aromatic heterocycles. The Morgan fingerprint density at radius 2 is 1.62 bits per heavy atom. The first-order valence-electron chi connectivity index (χ1n) is 22.7. The molecular formula is C49H62F5N7O4. The minimum Gasteiger partial charge on any atom is -0.489 e. The number of ketones is 1. The zero-order valence-electron chi connectivity index (χ0n) is 38.4. The molecule has 65 heavy (non-hydrogen) atoms. The lowest BCUT2D eigenvalue weighted by Gasteiger charge is -2.34. The summed E-state index contributed by atoms with van der Waals surface area (Å²) in [5.74, 6) is -7.60. The van der Waals surface area contributed by atoms with Crippen molar-refractivity contribution in [3.05, 3.63) is 77.1 Å². The SMILES string of the molecule is CCC1Oc2cc(-c3cnc(C4CC(F)(F)CN4C(=O)C(N)C(C)C)[nH]3)ccc2C(=C(F)c2cc(-c3cnc(C4CC(F)(F)CC4CCC(=O)C(NCOC)C(C)C)[nH]3)ccc2C)C1C. The first kappa shape index (κ1) is 48.0. The van der Waals surface area contributed by atoms with Crippen LogP contribution in [0.2, 0.25) is 0 Å². The molecule has 7 atom stereocenters. The molecule has 7 unspecified atom stereocenters. The number of fused-ring (bicyclic) bond motifs is 1. The van der Waals surface area contributed by atoms with Crippen molar-refractivity contribution in [1.82, 2.24) is 30.2 Å². The van der Waals surface area contributed by atoms with Gasteiger partial charge >= 0.3 is 0 Å². The number of aryl methyl sites for hydroxylation is 1. The Kier molecular flexibility index (Phi) is 14.1. The zero-order valence-corrected chi connectivity index (χ0v) is 38.4. The van der Waals surface area contributed by atoms with Crippen LogP contribution in [0.3, 0.4) is 0 Å². The van der Waals surface area contributed by atoms with E-state index in [1.54, 1.807) is 44.3 Å². The molecule has 0 radical (unpaired) electrons. The van der Waals surface area contributed by atoms with E-state index in [1.165, 1.54) is 13.3 Å². The summed E-state index contributed by atoms with van der Waals surface area (Å²) in [5.41, 5.74) is 10.5. The number of likely N-dealkylation sites (tertiary alicyclic amines) is 1. The molecule has 4 aromatic rings. The number of methoxy groups -OCH3 is 1. The fourth-order valence-electron chi connectivity index (χ4n) is 9.82. The summed E-state index contributed by atoms with van der Waals surface area (Å²) in [6.45, 7) is 12.6. The molecular weight excluding hydrogens is 846 g/mol. The second kappa shape index (κ2) is 19.1. The van der Waals surface area contributed by atoms with Crippen molar-refractivity contribution >= 4 is 23.1 Å². The number of alkyl halides is 4. The summed E-state index contributed by atoms with van der Waals surface area (Å²) < 4.78 is 88.5. The Labute approximate surface area is 377 Å². The van der Waals surface area contributed by atoms with Crippen LogP contribution in [0.25, 0.3) is 33.9 Å². The summed E-state index contributed by atoms with van der Waals surface area (Å²) in [4.78, 5) is 42.9. The molecule has 11 nitrogen and oxygen atoms in total. The molecule has 0 bridgehead atoms. The topological polar surface area (TPSA) is 151 Å². The van der Waals surface area contributed by atoms with Crippen LogP contribution in [-0.2, 0) is 14.3 Å². The number of imidazole rings is 2. The Morgan fingerprint density at radius 1 is 0.954 bits per heavy atom. The number of aromatic nitrogens is 4. The van der Waals surface area contributed by atoms with Crippen LogP contribution in [0, 0.1) is 30.6 Å². The van der Waals surface area contributed by atoms with Crippen LogP contribution >= 0.6 is 0 Å². The number of H-pyrrole nitrogens is 2. The second-order valence-electron chi connectivity index (χ2n) is 19.0. The van der Waals surface area contributed by atoms with Crippen LogP contribution in [0.4, 0.5) is 22.0 Å². The quantitative estimate of drug-likeness (QED) is 0.0641. The van der Waals surface area contributed by atoms with Gasteiger partial charge < -0.3 is 30.1 Å². The predicted molar refractivity (Wildman–Crippen MR) is 240 cm³/mol. The average Bonchev–Trinajstić information content (AvgIpc) is 4.07. The maximum absolute atomic E-state index is 17.4. The van der Waals surface area contributed by atoms with Gasteiger partial charge in [0.2, 0.25) is 11.8 Å². The number of ether oxygens (including phenoxy) is 2. The minimum atomic E-state index is -3.11. The number of hydrogen-bond acceptors (Lipinski definition) is 8. The predicted octanol–water partition coefficient (Wildman–Crippen LogP) is 10.0. The van der Waals surface area contributed by atoms with E-state index in [4.69, 9.17) is 15.2 Å². The number of Topliss-reactive ketones (excluding diaryl/α,β-unsaturated/α-hetero) is 1. The molecule has 4 heterocycles. The van der Waals surface area contributed by atoms with E-state index in [0.29, 0.717) is 69.2 Å². The third-order valence-corrected chi connectivity index (χ3v) is 13.6. The minimum absolute atomic E-state index is 0.00572.